The van der Waals surface area contributed by atoms with E-state index in [-0.39, 0.29) is 17.9 Å². The predicted octanol–water partition coefficient (Wildman–Crippen LogP) is 0.403. The highest BCUT2D eigenvalue weighted by Gasteiger charge is 2.19. The molecule has 0 aromatic rings. The molecular weight excluding hydrogens is 130 g/mol. The second-order valence-electron chi connectivity index (χ2n) is 2.53. The van der Waals surface area contributed by atoms with E-state index in [0.29, 0.717) is 0 Å². The molecule has 1 N–H and O–H groups in total. The van der Waals surface area contributed by atoms with E-state index >= 15 is 0 Å². The van der Waals surface area contributed by atoms with Crippen molar-refractivity contribution >= 4 is 5.97 Å². The minimum absolute atomic E-state index is 0.176. The number of likely N-dealkylation sites (N-methyl/N-ethyl adjacent to an activating group) is 1. The van der Waals surface area contributed by atoms with E-state index in [1.54, 1.807) is 7.05 Å². The Hall–Kier alpha value is -0.570. The molecule has 3 nitrogen and oxygen atoms in total. The number of methoxy groups -OCH3 is 1. The summed E-state index contributed by atoms with van der Waals surface area (Å²) in [5.74, 6) is 0.0787. The standard InChI is InChI=1S/C7H15NO2/c1-5(2)6(8-3)7(9)10-4/h5-6,8H,1-4H3/t6-/m0/s1. The summed E-state index contributed by atoms with van der Waals surface area (Å²) in [5.41, 5.74) is 0. The molecule has 0 aliphatic carbocycles. The maximum atomic E-state index is 10.9. The fourth-order valence-electron chi connectivity index (χ4n) is 0.850. The number of hydrogen-bond donors (Lipinski definition) is 1. The van der Waals surface area contributed by atoms with Gasteiger partial charge < -0.3 is 10.1 Å². The van der Waals surface area contributed by atoms with Gasteiger partial charge in [0.1, 0.15) is 6.04 Å². The van der Waals surface area contributed by atoms with Crippen LogP contribution in [-0.2, 0) is 9.53 Å². The van der Waals surface area contributed by atoms with Crippen LogP contribution >= 0.6 is 0 Å². The molecule has 3 heteroatoms. The maximum absolute atomic E-state index is 10.9. The average Bonchev–Trinajstić information content (AvgIpc) is 1.88. The van der Waals surface area contributed by atoms with Gasteiger partial charge in [-0.15, -0.1) is 0 Å². The smallest absolute Gasteiger partial charge is 0.323 e. The van der Waals surface area contributed by atoms with Crippen LogP contribution in [0, 0.1) is 5.92 Å². The molecule has 0 spiro atoms. The van der Waals surface area contributed by atoms with Crippen LogP contribution in [-0.4, -0.2) is 26.2 Å². The lowest BCUT2D eigenvalue weighted by Crippen LogP contribution is -2.39. The first-order valence-corrected chi connectivity index (χ1v) is 3.38. The van der Waals surface area contributed by atoms with Crippen molar-refractivity contribution in [2.45, 2.75) is 19.9 Å². The van der Waals surface area contributed by atoms with Crippen molar-refractivity contribution in [1.82, 2.24) is 5.32 Å². The molecule has 0 saturated heterocycles. The predicted molar refractivity (Wildman–Crippen MR) is 39.7 cm³/mol. The van der Waals surface area contributed by atoms with Crippen LogP contribution in [0.1, 0.15) is 13.8 Å². The Morgan fingerprint density at radius 1 is 1.50 bits per heavy atom. The third-order valence-electron chi connectivity index (χ3n) is 1.43. The van der Waals surface area contributed by atoms with E-state index in [0.717, 1.165) is 0 Å². The number of hydrogen-bond acceptors (Lipinski definition) is 3. The van der Waals surface area contributed by atoms with Crippen LogP contribution in [0.15, 0.2) is 0 Å². The van der Waals surface area contributed by atoms with Crippen LogP contribution in [0.2, 0.25) is 0 Å². The molecule has 0 rings (SSSR count). The Morgan fingerprint density at radius 3 is 2.10 bits per heavy atom. The lowest BCUT2D eigenvalue weighted by molar-refractivity contribution is -0.144. The van der Waals surface area contributed by atoms with Crippen LogP contribution < -0.4 is 5.32 Å². The number of esters is 1. The summed E-state index contributed by atoms with van der Waals surface area (Å²) in [6.07, 6.45) is 0. The molecule has 1 atom stereocenters. The monoisotopic (exact) mass is 145 g/mol. The second-order valence-corrected chi connectivity index (χ2v) is 2.53. The first-order valence-electron chi connectivity index (χ1n) is 3.38. The highest BCUT2D eigenvalue weighted by Crippen LogP contribution is 2.01. The molecule has 0 fully saturated rings. The number of ether oxygens (including phenoxy) is 1. The molecule has 10 heavy (non-hydrogen) atoms. The van der Waals surface area contributed by atoms with Crippen molar-refractivity contribution in [3.63, 3.8) is 0 Å². The van der Waals surface area contributed by atoms with Gasteiger partial charge in [-0.05, 0) is 13.0 Å². The zero-order valence-electron chi connectivity index (χ0n) is 6.97. The number of carbonyl (C=O) groups is 1. The van der Waals surface area contributed by atoms with Crippen molar-refractivity contribution in [3.8, 4) is 0 Å². The summed E-state index contributed by atoms with van der Waals surface area (Å²) in [6, 6.07) is -0.176. The van der Waals surface area contributed by atoms with E-state index in [2.05, 4.69) is 10.1 Å². The third-order valence-corrected chi connectivity index (χ3v) is 1.43. The first-order chi connectivity index (χ1) is 4.63. The Labute approximate surface area is 61.8 Å². The van der Waals surface area contributed by atoms with Gasteiger partial charge in [0, 0.05) is 0 Å². The van der Waals surface area contributed by atoms with Gasteiger partial charge in [0.15, 0.2) is 0 Å². The topological polar surface area (TPSA) is 38.3 Å². The molecule has 0 unspecified atom stereocenters. The zero-order valence-corrected chi connectivity index (χ0v) is 6.97. The van der Waals surface area contributed by atoms with E-state index in [1.807, 2.05) is 13.8 Å². The van der Waals surface area contributed by atoms with Crippen molar-refractivity contribution in [2.24, 2.45) is 5.92 Å². The lowest BCUT2D eigenvalue weighted by atomic mass is 10.1. The molecule has 0 aromatic heterocycles. The molecule has 0 bridgehead atoms. The zero-order chi connectivity index (χ0) is 8.15. The van der Waals surface area contributed by atoms with Gasteiger partial charge in [-0.1, -0.05) is 13.8 Å². The Morgan fingerprint density at radius 2 is 2.00 bits per heavy atom. The Bertz CT molecular complexity index is 112. The maximum Gasteiger partial charge on any atom is 0.323 e. The fourth-order valence-corrected chi connectivity index (χ4v) is 0.850. The SMILES string of the molecule is CN[C@H](C(=O)OC)C(C)C. The lowest BCUT2D eigenvalue weighted by Gasteiger charge is -2.16. The van der Waals surface area contributed by atoms with E-state index in [9.17, 15) is 4.79 Å². The van der Waals surface area contributed by atoms with E-state index < -0.39 is 0 Å². The molecule has 60 valence electrons. The molecule has 0 radical (unpaired) electrons. The van der Waals surface area contributed by atoms with E-state index in [1.165, 1.54) is 7.11 Å². The van der Waals surface area contributed by atoms with Gasteiger partial charge in [-0.2, -0.15) is 0 Å². The summed E-state index contributed by atoms with van der Waals surface area (Å²) in [6.45, 7) is 3.94. The minimum atomic E-state index is -0.197. The van der Waals surface area contributed by atoms with Gasteiger partial charge in [0.25, 0.3) is 0 Å². The summed E-state index contributed by atoms with van der Waals surface area (Å²) in [7, 11) is 3.15. The Balaban J connectivity index is 3.93. The summed E-state index contributed by atoms with van der Waals surface area (Å²) in [5, 5.41) is 2.88. The highest BCUT2D eigenvalue weighted by molar-refractivity contribution is 5.75. The first kappa shape index (κ1) is 9.43. The van der Waals surface area contributed by atoms with Crippen LogP contribution in [0.4, 0.5) is 0 Å². The van der Waals surface area contributed by atoms with Crippen molar-refractivity contribution in [3.05, 3.63) is 0 Å². The summed E-state index contributed by atoms with van der Waals surface area (Å²) in [4.78, 5) is 10.9. The van der Waals surface area contributed by atoms with Crippen LogP contribution in [0.5, 0.6) is 0 Å². The molecule has 0 saturated carbocycles. The molecule has 0 heterocycles. The summed E-state index contributed by atoms with van der Waals surface area (Å²) >= 11 is 0. The molecule has 0 aromatic carbocycles. The highest BCUT2D eigenvalue weighted by atomic mass is 16.5. The normalized spacial score (nSPS) is 13.3. The molecule has 0 amide bonds. The quantitative estimate of drug-likeness (QED) is 0.584. The Kier molecular flexibility index (Phi) is 4.03. The van der Waals surface area contributed by atoms with Crippen molar-refractivity contribution in [1.29, 1.82) is 0 Å². The second kappa shape index (κ2) is 4.28. The largest absolute Gasteiger partial charge is 0.468 e. The van der Waals surface area contributed by atoms with Crippen LogP contribution in [0.3, 0.4) is 0 Å². The molecule has 0 aliphatic heterocycles. The number of rotatable bonds is 3. The molecular formula is C7H15NO2. The van der Waals surface area contributed by atoms with Gasteiger partial charge in [0.2, 0.25) is 0 Å². The van der Waals surface area contributed by atoms with Crippen LogP contribution in [0.25, 0.3) is 0 Å². The third kappa shape index (κ3) is 2.35. The average molecular weight is 145 g/mol. The van der Waals surface area contributed by atoms with E-state index in [4.69, 9.17) is 0 Å². The fraction of sp³-hybridized carbons (Fsp3) is 0.857. The summed E-state index contributed by atoms with van der Waals surface area (Å²) < 4.78 is 4.56. The van der Waals surface area contributed by atoms with Gasteiger partial charge >= 0.3 is 5.97 Å². The van der Waals surface area contributed by atoms with Gasteiger partial charge in [-0.25, -0.2) is 0 Å². The van der Waals surface area contributed by atoms with Gasteiger partial charge in [-0.3, -0.25) is 4.79 Å². The van der Waals surface area contributed by atoms with Gasteiger partial charge in [0.05, 0.1) is 7.11 Å². The minimum Gasteiger partial charge on any atom is -0.468 e. The number of carbonyl (C=O) groups excluding carboxylic acids is 1. The van der Waals surface area contributed by atoms with Crippen molar-refractivity contribution in [2.75, 3.05) is 14.2 Å². The number of nitrogens with one attached hydrogen (secondary N) is 1. The molecule has 0 aliphatic rings. The van der Waals surface area contributed by atoms with Crippen molar-refractivity contribution < 1.29 is 9.53 Å².